The highest BCUT2D eigenvalue weighted by molar-refractivity contribution is 6.01. The molecule has 172 valence electrons. The van der Waals surface area contributed by atoms with Crippen LogP contribution in [0.2, 0.25) is 0 Å². The van der Waals surface area contributed by atoms with Crippen LogP contribution in [0.15, 0.2) is 44.7 Å². The maximum absolute atomic E-state index is 13.5. The lowest BCUT2D eigenvalue weighted by Crippen LogP contribution is -2.31. The van der Waals surface area contributed by atoms with E-state index in [9.17, 15) is 9.59 Å². The van der Waals surface area contributed by atoms with Gasteiger partial charge in [-0.1, -0.05) is 0 Å². The van der Waals surface area contributed by atoms with Crippen molar-refractivity contribution in [1.29, 1.82) is 0 Å². The molecule has 2 aliphatic rings. The zero-order valence-corrected chi connectivity index (χ0v) is 18.8. The van der Waals surface area contributed by atoms with Crippen LogP contribution < -0.4 is 25.1 Å². The summed E-state index contributed by atoms with van der Waals surface area (Å²) in [4.78, 5) is 26.1. The number of ketones is 1. The molecule has 5 rings (SSSR count). The Labute approximate surface area is 189 Å². The monoisotopic (exact) mass is 451 g/mol. The Bertz CT molecular complexity index is 1300. The number of aromatic amines is 2. The molecule has 0 fully saturated rings. The fourth-order valence-electron chi connectivity index (χ4n) is 4.89. The first-order valence-electron chi connectivity index (χ1n) is 10.6. The standard InChI is InChI=1S/C24H25N3O6/c1-11-5-6-16(33-11)20-19-14(25-23-21(20)24(29)27-26-23)7-12(8-15(19)28)13-9-17(30-2)22(32-4)18(10-13)31-3/h5-6,9-10,12,20H,7-8H2,1-4H3,(H3,25,26,27,29). The highest BCUT2D eigenvalue weighted by Gasteiger charge is 2.42. The predicted octanol–water partition coefficient (Wildman–Crippen LogP) is 3.59. The first kappa shape index (κ1) is 21.0. The first-order valence-corrected chi connectivity index (χ1v) is 10.6. The fraction of sp³-hybridized carbons (Fsp3) is 0.333. The quantitative estimate of drug-likeness (QED) is 0.542. The van der Waals surface area contributed by atoms with E-state index in [0.29, 0.717) is 46.4 Å². The van der Waals surface area contributed by atoms with E-state index < -0.39 is 5.92 Å². The van der Waals surface area contributed by atoms with Crippen molar-refractivity contribution < 1.29 is 23.4 Å². The third kappa shape index (κ3) is 3.31. The third-order valence-electron chi connectivity index (χ3n) is 6.38. The highest BCUT2D eigenvalue weighted by Crippen LogP contribution is 2.48. The van der Waals surface area contributed by atoms with E-state index in [-0.39, 0.29) is 23.7 Å². The molecule has 2 atom stereocenters. The molecular weight excluding hydrogens is 426 g/mol. The van der Waals surface area contributed by atoms with Gasteiger partial charge >= 0.3 is 0 Å². The molecule has 0 amide bonds. The molecule has 3 N–H and O–H groups in total. The molecule has 0 radical (unpaired) electrons. The van der Waals surface area contributed by atoms with Gasteiger partial charge in [0.2, 0.25) is 5.75 Å². The number of allylic oxidation sites excluding steroid dienone is 2. The van der Waals surface area contributed by atoms with Crippen LogP contribution >= 0.6 is 0 Å². The number of anilines is 1. The van der Waals surface area contributed by atoms with Crippen LogP contribution in [-0.4, -0.2) is 37.3 Å². The number of ether oxygens (including phenoxy) is 3. The lowest BCUT2D eigenvalue weighted by molar-refractivity contribution is -0.116. The van der Waals surface area contributed by atoms with Crippen LogP contribution in [0.25, 0.3) is 0 Å². The molecule has 0 bridgehead atoms. The van der Waals surface area contributed by atoms with Crippen LogP contribution in [0.5, 0.6) is 17.2 Å². The Morgan fingerprint density at radius 2 is 1.70 bits per heavy atom. The minimum Gasteiger partial charge on any atom is -0.493 e. The number of fused-ring (bicyclic) bond motifs is 1. The Morgan fingerprint density at radius 3 is 2.30 bits per heavy atom. The lowest BCUT2D eigenvalue weighted by atomic mass is 9.74. The molecule has 2 unspecified atom stereocenters. The van der Waals surface area contributed by atoms with Crippen LogP contribution in [0.4, 0.5) is 5.82 Å². The Morgan fingerprint density at radius 1 is 0.970 bits per heavy atom. The number of rotatable bonds is 5. The van der Waals surface area contributed by atoms with Gasteiger partial charge in [-0.15, -0.1) is 0 Å². The van der Waals surface area contributed by atoms with Crippen molar-refractivity contribution in [1.82, 2.24) is 10.2 Å². The van der Waals surface area contributed by atoms with Crippen molar-refractivity contribution in [3.8, 4) is 17.2 Å². The third-order valence-corrected chi connectivity index (χ3v) is 6.38. The van der Waals surface area contributed by atoms with Crippen molar-refractivity contribution in [3.63, 3.8) is 0 Å². The Kier molecular flexibility index (Phi) is 5.03. The lowest BCUT2D eigenvalue weighted by Gasteiger charge is -2.34. The largest absolute Gasteiger partial charge is 0.493 e. The minimum absolute atomic E-state index is 0.0344. The number of carbonyl (C=O) groups excluding carboxylic acids is 1. The van der Waals surface area contributed by atoms with E-state index >= 15 is 0 Å². The van der Waals surface area contributed by atoms with Gasteiger partial charge in [0.05, 0.1) is 32.8 Å². The summed E-state index contributed by atoms with van der Waals surface area (Å²) < 4.78 is 22.3. The van der Waals surface area contributed by atoms with Gasteiger partial charge in [-0.25, -0.2) is 0 Å². The van der Waals surface area contributed by atoms with E-state index in [1.54, 1.807) is 21.3 Å². The number of Topliss-reactive ketones (excluding diaryl/α,β-unsaturated/α-hetero) is 1. The smallest absolute Gasteiger partial charge is 0.270 e. The number of hydrogen-bond acceptors (Lipinski definition) is 7. The molecule has 1 aromatic carbocycles. The average molecular weight is 451 g/mol. The van der Waals surface area contributed by atoms with E-state index in [1.807, 2.05) is 31.2 Å². The van der Waals surface area contributed by atoms with Crippen LogP contribution in [0.1, 0.15) is 47.3 Å². The zero-order chi connectivity index (χ0) is 23.3. The molecule has 3 heterocycles. The van der Waals surface area contributed by atoms with E-state index in [2.05, 4.69) is 15.5 Å². The predicted molar refractivity (Wildman–Crippen MR) is 120 cm³/mol. The molecule has 3 aromatic rings. The number of H-pyrrole nitrogens is 2. The summed E-state index contributed by atoms with van der Waals surface area (Å²) in [5.41, 5.74) is 2.44. The molecule has 0 saturated heterocycles. The number of aryl methyl sites for hydroxylation is 1. The summed E-state index contributed by atoms with van der Waals surface area (Å²) in [5.74, 6) is 2.73. The molecule has 1 aliphatic carbocycles. The molecule has 0 saturated carbocycles. The first-order chi connectivity index (χ1) is 15.9. The summed E-state index contributed by atoms with van der Waals surface area (Å²) >= 11 is 0. The second-order valence-electron chi connectivity index (χ2n) is 8.25. The number of nitrogens with one attached hydrogen (secondary N) is 3. The highest BCUT2D eigenvalue weighted by atomic mass is 16.5. The van der Waals surface area contributed by atoms with Gasteiger partial charge in [0.1, 0.15) is 17.3 Å². The second-order valence-corrected chi connectivity index (χ2v) is 8.25. The summed E-state index contributed by atoms with van der Waals surface area (Å²) in [7, 11) is 4.69. The van der Waals surface area contributed by atoms with Gasteiger partial charge < -0.3 is 23.9 Å². The van der Waals surface area contributed by atoms with Crippen molar-refractivity contribution in [2.45, 2.75) is 31.6 Å². The van der Waals surface area contributed by atoms with Gasteiger partial charge in [-0.3, -0.25) is 19.8 Å². The summed E-state index contributed by atoms with van der Waals surface area (Å²) in [6.45, 7) is 1.84. The summed E-state index contributed by atoms with van der Waals surface area (Å²) in [6.07, 6.45) is 0.857. The minimum atomic E-state index is -0.562. The van der Waals surface area contributed by atoms with Crippen molar-refractivity contribution >= 4 is 11.6 Å². The average Bonchev–Trinajstić information content (AvgIpc) is 3.41. The van der Waals surface area contributed by atoms with E-state index in [4.69, 9.17) is 18.6 Å². The molecule has 1 aliphatic heterocycles. The summed E-state index contributed by atoms with van der Waals surface area (Å²) in [6, 6.07) is 7.42. The second kappa shape index (κ2) is 7.91. The van der Waals surface area contributed by atoms with Gasteiger partial charge in [0.15, 0.2) is 17.3 Å². The number of aromatic nitrogens is 2. The molecular formula is C24H25N3O6. The maximum atomic E-state index is 13.5. The SMILES string of the molecule is COc1cc(C2CC(=O)C3=C(C2)Nc2[nH][nH]c(=O)c2C3c2ccc(C)o2)cc(OC)c1OC. The molecule has 2 aromatic heterocycles. The normalized spacial score (nSPS) is 19.6. The fourth-order valence-corrected chi connectivity index (χ4v) is 4.89. The topological polar surface area (TPSA) is 119 Å². The molecule has 33 heavy (non-hydrogen) atoms. The van der Waals surface area contributed by atoms with Crippen LogP contribution in [0, 0.1) is 6.92 Å². The van der Waals surface area contributed by atoms with Crippen molar-refractivity contribution in [3.05, 3.63) is 68.5 Å². The van der Waals surface area contributed by atoms with Gasteiger partial charge in [0, 0.05) is 17.7 Å². The van der Waals surface area contributed by atoms with Gasteiger partial charge in [-0.2, -0.15) is 0 Å². The number of carbonyl (C=O) groups is 1. The van der Waals surface area contributed by atoms with E-state index in [0.717, 1.165) is 17.0 Å². The molecule has 9 heteroatoms. The van der Waals surface area contributed by atoms with Gasteiger partial charge in [-0.05, 0) is 49.1 Å². The molecule has 9 nitrogen and oxygen atoms in total. The molecule has 0 spiro atoms. The van der Waals surface area contributed by atoms with E-state index in [1.165, 1.54) is 0 Å². The van der Waals surface area contributed by atoms with Crippen molar-refractivity contribution in [2.75, 3.05) is 26.6 Å². The Hall–Kier alpha value is -3.88. The van der Waals surface area contributed by atoms with Crippen molar-refractivity contribution in [2.24, 2.45) is 0 Å². The Balaban J connectivity index is 1.59. The number of furan rings is 1. The van der Waals surface area contributed by atoms with Crippen LogP contribution in [-0.2, 0) is 4.79 Å². The number of methoxy groups -OCH3 is 3. The number of benzene rings is 1. The maximum Gasteiger partial charge on any atom is 0.270 e. The van der Waals surface area contributed by atoms with Gasteiger partial charge in [0.25, 0.3) is 5.56 Å². The zero-order valence-electron chi connectivity index (χ0n) is 18.8. The summed E-state index contributed by atoms with van der Waals surface area (Å²) in [5, 5.41) is 8.80. The van der Waals surface area contributed by atoms with Crippen LogP contribution in [0.3, 0.4) is 0 Å². The number of hydrogen-bond donors (Lipinski definition) is 3.